The third-order valence-corrected chi connectivity index (χ3v) is 3.23. The van der Waals surface area contributed by atoms with E-state index in [-0.39, 0.29) is 24.7 Å². The number of unbranched alkanes of at least 4 members (excludes halogenated alkanes) is 7. The average Bonchev–Trinajstić information content (AvgIpc) is 2.49. The minimum atomic E-state index is -0.190. The van der Waals surface area contributed by atoms with Gasteiger partial charge in [-0.15, -0.1) is 0 Å². The Morgan fingerprint density at radius 1 is 0.636 bits per heavy atom. The van der Waals surface area contributed by atoms with Crippen molar-refractivity contribution in [1.29, 1.82) is 10.5 Å². The molecule has 0 heterocycles. The van der Waals surface area contributed by atoms with Gasteiger partial charge >= 0.3 is 0 Å². The summed E-state index contributed by atoms with van der Waals surface area (Å²) in [5.41, 5.74) is 0. The molecule has 0 aliphatic heterocycles. The predicted molar refractivity (Wildman–Crippen MR) is 83.4 cm³/mol. The second kappa shape index (κ2) is 15.3. The van der Waals surface area contributed by atoms with Gasteiger partial charge in [0.15, 0.2) is 0 Å². The molecular formula is C16H26N4O2. The number of nitrogens with one attached hydrogen (secondary N) is 2. The molecule has 6 nitrogen and oxygen atoms in total. The van der Waals surface area contributed by atoms with Crippen molar-refractivity contribution < 1.29 is 9.59 Å². The highest BCUT2D eigenvalue weighted by Crippen LogP contribution is 2.08. The van der Waals surface area contributed by atoms with Gasteiger partial charge in [0, 0.05) is 13.1 Å². The second-order valence-electron chi connectivity index (χ2n) is 5.20. The Morgan fingerprint density at radius 2 is 0.955 bits per heavy atom. The fraction of sp³-hybridized carbons (Fsp3) is 0.750. The molecular weight excluding hydrogens is 280 g/mol. The van der Waals surface area contributed by atoms with Crippen LogP contribution in [0.25, 0.3) is 0 Å². The number of nitriles is 2. The molecule has 0 fully saturated rings. The molecule has 0 saturated carbocycles. The number of amides is 2. The lowest BCUT2D eigenvalue weighted by Crippen LogP contribution is -2.23. The number of carbonyl (C=O) groups excluding carboxylic acids is 2. The van der Waals surface area contributed by atoms with E-state index in [0.717, 1.165) is 38.5 Å². The number of rotatable bonds is 13. The highest BCUT2D eigenvalue weighted by atomic mass is 16.2. The molecule has 0 atom stereocenters. The van der Waals surface area contributed by atoms with Gasteiger partial charge < -0.3 is 10.6 Å². The molecule has 0 aliphatic carbocycles. The molecule has 0 saturated heterocycles. The number of hydrogen-bond donors (Lipinski definition) is 2. The second-order valence-corrected chi connectivity index (χ2v) is 5.20. The molecule has 122 valence electrons. The van der Waals surface area contributed by atoms with Crippen LogP contribution in [0.3, 0.4) is 0 Å². The summed E-state index contributed by atoms with van der Waals surface area (Å²) >= 11 is 0. The number of nitrogens with zero attached hydrogens (tertiary/aromatic N) is 2. The maximum atomic E-state index is 11.0. The Bertz CT molecular complexity index is 358. The molecule has 2 N–H and O–H groups in total. The van der Waals surface area contributed by atoms with E-state index in [2.05, 4.69) is 10.6 Å². The van der Waals surface area contributed by atoms with E-state index < -0.39 is 0 Å². The molecule has 0 rings (SSSR count). The van der Waals surface area contributed by atoms with E-state index >= 15 is 0 Å². The van der Waals surface area contributed by atoms with Gasteiger partial charge in [0.05, 0.1) is 12.1 Å². The first-order chi connectivity index (χ1) is 10.7. The topological polar surface area (TPSA) is 106 Å². The summed E-state index contributed by atoms with van der Waals surface area (Å²) in [6, 6.07) is 3.64. The maximum Gasteiger partial charge on any atom is 0.234 e. The fourth-order valence-electron chi connectivity index (χ4n) is 2.03. The quantitative estimate of drug-likeness (QED) is 0.508. The van der Waals surface area contributed by atoms with Crippen molar-refractivity contribution in [3.63, 3.8) is 0 Å². The Hall–Kier alpha value is -2.08. The molecule has 22 heavy (non-hydrogen) atoms. The van der Waals surface area contributed by atoms with Gasteiger partial charge in [-0.25, -0.2) is 0 Å². The third kappa shape index (κ3) is 14.3. The molecule has 0 aromatic rings. The molecule has 0 radical (unpaired) electrons. The summed E-state index contributed by atoms with van der Waals surface area (Å²) < 4.78 is 0. The van der Waals surface area contributed by atoms with Gasteiger partial charge in [0.1, 0.15) is 12.8 Å². The largest absolute Gasteiger partial charge is 0.355 e. The van der Waals surface area contributed by atoms with Crippen LogP contribution in [0, 0.1) is 22.7 Å². The van der Waals surface area contributed by atoms with E-state index in [1.165, 1.54) is 12.8 Å². The molecule has 0 aromatic carbocycles. The van der Waals surface area contributed by atoms with Crippen molar-refractivity contribution >= 4 is 11.8 Å². The van der Waals surface area contributed by atoms with Crippen molar-refractivity contribution in [2.24, 2.45) is 0 Å². The Morgan fingerprint density at radius 3 is 1.27 bits per heavy atom. The summed E-state index contributed by atoms with van der Waals surface area (Å²) in [6.45, 7) is 1.31. The average molecular weight is 306 g/mol. The van der Waals surface area contributed by atoms with Crippen LogP contribution in [0.15, 0.2) is 0 Å². The van der Waals surface area contributed by atoms with E-state index in [0.29, 0.717) is 13.1 Å². The van der Waals surface area contributed by atoms with Gasteiger partial charge in [0.25, 0.3) is 0 Å². The van der Waals surface area contributed by atoms with Crippen LogP contribution in [0.4, 0.5) is 0 Å². The van der Waals surface area contributed by atoms with Crippen LogP contribution in [-0.4, -0.2) is 24.9 Å². The van der Waals surface area contributed by atoms with Crippen molar-refractivity contribution in [3.05, 3.63) is 0 Å². The zero-order valence-corrected chi connectivity index (χ0v) is 13.2. The highest BCUT2D eigenvalue weighted by molar-refractivity contribution is 5.78. The molecule has 2 amide bonds. The highest BCUT2D eigenvalue weighted by Gasteiger charge is 1.99. The van der Waals surface area contributed by atoms with Gasteiger partial charge in [-0.1, -0.05) is 38.5 Å². The van der Waals surface area contributed by atoms with Gasteiger partial charge in [-0.2, -0.15) is 10.5 Å². The van der Waals surface area contributed by atoms with Crippen molar-refractivity contribution in [3.8, 4) is 12.1 Å². The fourth-order valence-corrected chi connectivity index (χ4v) is 2.03. The number of carbonyl (C=O) groups is 2. The number of hydrogen-bond acceptors (Lipinski definition) is 4. The zero-order valence-electron chi connectivity index (χ0n) is 13.2. The van der Waals surface area contributed by atoms with E-state index in [1.807, 2.05) is 12.1 Å². The zero-order chi connectivity index (χ0) is 16.5. The Labute approximate surface area is 132 Å². The van der Waals surface area contributed by atoms with E-state index in [9.17, 15) is 9.59 Å². The normalized spacial score (nSPS) is 9.55. The lowest BCUT2D eigenvalue weighted by atomic mass is 10.1. The lowest BCUT2D eigenvalue weighted by Gasteiger charge is -2.04. The molecule has 0 unspecified atom stereocenters. The summed E-state index contributed by atoms with van der Waals surface area (Å²) in [5, 5.41) is 22.1. The SMILES string of the molecule is N#CCC(=O)NCCCCCCCCCCNC(=O)CC#N. The first kappa shape index (κ1) is 19.9. The Balaban J connectivity index is 3.15. The maximum absolute atomic E-state index is 11.0. The summed E-state index contributed by atoms with van der Waals surface area (Å²) in [4.78, 5) is 22.0. The molecule has 0 aliphatic rings. The summed E-state index contributed by atoms with van der Waals surface area (Å²) in [6.07, 6.45) is 8.69. The van der Waals surface area contributed by atoms with Crippen LogP contribution in [0.2, 0.25) is 0 Å². The van der Waals surface area contributed by atoms with Crippen molar-refractivity contribution in [2.45, 2.75) is 64.2 Å². The van der Waals surface area contributed by atoms with E-state index in [4.69, 9.17) is 10.5 Å². The predicted octanol–water partition coefficient (Wildman–Crippen LogP) is 2.17. The monoisotopic (exact) mass is 306 g/mol. The minimum Gasteiger partial charge on any atom is -0.355 e. The van der Waals surface area contributed by atoms with E-state index in [1.54, 1.807) is 0 Å². The molecule has 0 aromatic heterocycles. The van der Waals surface area contributed by atoms with Gasteiger partial charge in [0.2, 0.25) is 11.8 Å². The molecule has 6 heteroatoms. The Kier molecular flexibility index (Phi) is 13.9. The van der Waals surface area contributed by atoms with Gasteiger partial charge in [-0.3, -0.25) is 9.59 Å². The van der Waals surface area contributed by atoms with Crippen molar-refractivity contribution in [2.75, 3.05) is 13.1 Å². The minimum absolute atomic E-state index is 0.0586. The first-order valence-electron chi connectivity index (χ1n) is 7.98. The molecule has 0 bridgehead atoms. The van der Waals surface area contributed by atoms with Crippen LogP contribution in [-0.2, 0) is 9.59 Å². The summed E-state index contributed by atoms with van der Waals surface area (Å²) in [5.74, 6) is -0.381. The van der Waals surface area contributed by atoms with Crippen LogP contribution in [0.1, 0.15) is 64.2 Å². The van der Waals surface area contributed by atoms with Crippen molar-refractivity contribution in [1.82, 2.24) is 10.6 Å². The smallest absolute Gasteiger partial charge is 0.234 e. The van der Waals surface area contributed by atoms with Gasteiger partial charge in [-0.05, 0) is 12.8 Å². The van der Waals surface area contributed by atoms with Crippen LogP contribution < -0.4 is 10.6 Å². The standard InChI is InChI=1S/C16H26N4O2/c17-11-9-15(21)19-13-7-5-3-1-2-4-6-8-14-20-16(22)10-12-18/h1-10,13-14H2,(H,19,21)(H,20,22). The lowest BCUT2D eigenvalue weighted by molar-refractivity contribution is -0.120. The van der Waals surface area contributed by atoms with Crippen LogP contribution >= 0.6 is 0 Å². The third-order valence-electron chi connectivity index (χ3n) is 3.23. The van der Waals surface area contributed by atoms with Crippen LogP contribution in [0.5, 0.6) is 0 Å². The summed E-state index contributed by atoms with van der Waals surface area (Å²) in [7, 11) is 0. The molecule has 0 spiro atoms. The first-order valence-corrected chi connectivity index (χ1v) is 7.98.